The molecule has 0 aromatic rings. The molecule has 0 unspecified atom stereocenters. The fourth-order valence-corrected chi connectivity index (χ4v) is 0.567. The summed E-state index contributed by atoms with van der Waals surface area (Å²) in [6.45, 7) is 13.9. The predicted octanol–water partition coefficient (Wildman–Crippen LogP) is 3.11. The van der Waals surface area contributed by atoms with E-state index in [-0.39, 0.29) is 6.03 Å². The van der Waals surface area contributed by atoms with Crippen LogP contribution in [0.4, 0.5) is 4.79 Å². The summed E-state index contributed by atoms with van der Waals surface area (Å²) in [5.74, 6) is 0. The second-order valence-corrected chi connectivity index (χ2v) is 2.36. The van der Waals surface area contributed by atoms with Crippen LogP contribution in [0.5, 0.6) is 0 Å². The van der Waals surface area contributed by atoms with Crippen molar-refractivity contribution >= 4 is 6.03 Å². The van der Waals surface area contributed by atoms with Gasteiger partial charge in [0.05, 0.1) is 0 Å². The van der Waals surface area contributed by atoms with Gasteiger partial charge in [0.2, 0.25) is 0 Å². The minimum atomic E-state index is 0.0417. The highest BCUT2D eigenvalue weighted by atomic mass is 16.2. The standard InChI is InChI=1S/C4H8N2O.C3H8.2C2H6/c1-6-3-2-5-4(6)7;1-3-2;2*1-2/h2-3H2,1H3,(H,5,7);3H2,1-2H3;2*1-2H3. The third-order valence-corrected chi connectivity index (χ3v) is 1.07. The van der Waals surface area contributed by atoms with E-state index in [9.17, 15) is 4.79 Å². The number of rotatable bonds is 0. The molecule has 0 spiro atoms. The molecule has 1 heterocycles. The zero-order valence-electron chi connectivity index (χ0n) is 11.0. The second kappa shape index (κ2) is 18.1. The van der Waals surface area contributed by atoms with Crippen LogP contribution in [0, 0.1) is 0 Å². The lowest BCUT2D eigenvalue weighted by atomic mass is 10.6. The van der Waals surface area contributed by atoms with Crippen LogP contribution in [0.1, 0.15) is 48.0 Å². The summed E-state index contributed by atoms with van der Waals surface area (Å²) in [6.07, 6.45) is 1.25. The smallest absolute Gasteiger partial charge is 0.317 e. The lowest BCUT2D eigenvalue weighted by Gasteiger charge is -2.01. The summed E-state index contributed by atoms with van der Waals surface area (Å²) in [6, 6.07) is 0.0417. The number of carbonyl (C=O) groups is 1. The Kier molecular flexibility index (Phi) is 24.5. The maximum absolute atomic E-state index is 10.4. The average Bonchev–Trinajstić information content (AvgIpc) is 2.59. The van der Waals surface area contributed by atoms with Crippen molar-refractivity contribution in [3.8, 4) is 0 Å². The van der Waals surface area contributed by atoms with Crippen molar-refractivity contribution in [2.45, 2.75) is 48.0 Å². The number of urea groups is 1. The highest BCUT2D eigenvalue weighted by molar-refractivity contribution is 5.75. The van der Waals surface area contributed by atoms with Crippen LogP contribution >= 0.6 is 0 Å². The van der Waals surface area contributed by atoms with Crippen molar-refractivity contribution in [1.82, 2.24) is 10.2 Å². The van der Waals surface area contributed by atoms with Crippen molar-refractivity contribution in [3.05, 3.63) is 0 Å². The Balaban J connectivity index is -0.000000148. The molecule has 0 aromatic carbocycles. The molecule has 88 valence electrons. The number of likely N-dealkylation sites (N-methyl/N-ethyl adjacent to an activating group) is 1. The number of nitrogens with one attached hydrogen (secondary N) is 1. The number of carbonyl (C=O) groups excluding carboxylic acids is 1. The van der Waals surface area contributed by atoms with Gasteiger partial charge in [0, 0.05) is 20.1 Å². The molecule has 3 nitrogen and oxygen atoms in total. The van der Waals surface area contributed by atoms with E-state index in [1.54, 1.807) is 11.9 Å². The van der Waals surface area contributed by atoms with Gasteiger partial charge >= 0.3 is 6.03 Å². The SMILES string of the molecule is CC.CC.CCC.CN1CCNC1=O. The molecule has 14 heavy (non-hydrogen) atoms. The van der Waals surface area contributed by atoms with E-state index in [2.05, 4.69) is 19.2 Å². The molecular formula is C11H28N2O. The molecule has 2 amide bonds. The Bertz CT molecular complexity index is 105. The molecule has 1 N–H and O–H groups in total. The fourth-order valence-electron chi connectivity index (χ4n) is 0.567. The molecule has 0 atom stereocenters. The largest absolute Gasteiger partial charge is 0.336 e. The van der Waals surface area contributed by atoms with Gasteiger partial charge in [-0.15, -0.1) is 0 Å². The first-order valence-electron chi connectivity index (χ1n) is 5.71. The van der Waals surface area contributed by atoms with E-state index in [1.165, 1.54) is 6.42 Å². The van der Waals surface area contributed by atoms with Crippen LogP contribution in [-0.2, 0) is 0 Å². The first-order chi connectivity index (χ1) is 6.72. The van der Waals surface area contributed by atoms with Gasteiger partial charge in [-0.1, -0.05) is 48.0 Å². The Morgan fingerprint density at radius 1 is 1.21 bits per heavy atom. The summed E-state index contributed by atoms with van der Waals surface area (Å²) in [5.41, 5.74) is 0. The monoisotopic (exact) mass is 204 g/mol. The van der Waals surface area contributed by atoms with Crippen molar-refractivity contribution < 1.29 is 4.79 Å². The van der Waals surface area contributed by atoms with Crippen LogP contribution in [-0.4, -0.2) is 31.1 Å². The van der Waals surface area contributed by atoms with Crippen LogP contribution < -0.4 is 5.32 Å². The van der Waals surface area contributed by atoms with Gasteiger partial charge in [0.25, 0.3) is 0 Å². The predicted molar refractivity (Wildman–Crippen MR) is 64.7 cm³/mol. The Morgan fingerprint density at radius 2 is 1.57 bits per heavy atom. The Hall–Kier alpha value is -0.730. The average molecular weight is 204 g/mol. The van der Waals surface area contributed by atoms with Gasteiger partial charge in [0.15, 0.2) is 0 Å². The van der Waals surface area contributed by atoms with E-state index in [1.807, 2.05) is 27.7 Å². The van der Waals surface area contributed by atoms with E-state index >= 15 is 0 Å². The van der Waals surface area contributed by atoms with Gasteiger partial charge in [-0.25, -0.2) is 4.79 Å². The molecular weight excluding hydrogens is 176 g/mol. The zero-order chi connectivity index (χ0) is 12.0. The summed E-state index contributed by atoms with van der Waals surface area (Å²) < 4.78 is 0. The van der Waals surface area contributed by atoms with E-state index in [0.717, 1.165) is 13.1 Å². The zero-order valence-corrected chi connectivity index (χ0v) is 11.0. The maximum Gasteiger partial charge on any atom is 0.317 e. The first-order valence-corrected chi connectivity index (χ1v) is 5.71. The van der Waals surface area contributed by atoms with Crippen LogP contribution in [0.15, 0.2) is 0 Å². The van der Waals surface area contributed by atoms with E-state index in [0.29, 0.717) is 0 Å². The van der Waals surface area contributed by atoms with Gasteiger partial charge in [-0.3, -0.25) is 0 Å². The molecule has 0 saturated carbocycles. The summed E-state index contributed by atoms with van der Waals surface area (Å²) in [4.78, 5) is 12.0. The minimum Gasteiger partial charge on any atom is -0.336 e. The van der Waals surface area contributed by atoms with Gasteiger partial charge in [0.1, 0.15) is 0 Å². The first kappa shape index (κ1) is 18.9. The lowest BCUT2D eigenvalue weighted by Crippen LogP contribution is -2.23. The highest BCUT2D eigenvalue weighted by Gasteiger charge is 2.12. The fraction of sp³-hybridized carbons (Fsp3) is 0.909. The Morgan fingerprint density at radius 3 is 1.64 bits per heavy atom. The van der Waals surface area contributed by atoms with Crippen molar-refractivity contribution in [1.29, 1.82) is 0 Å². The summed E-state index contributed by atoms with van der Waals surface area (Å²) in [5, 5.41) is 2.66. The molecule has 1 rings (SSSR count). The summed E-state index contributed by atoms with van der Waals surface area (Å²) >= 11 is 0. The molecule has 0 bridgehead atoms. The molecule has 0 aliphatic carbocycles. The molecule has 1 saturated heterocycles. The second-order valence-electron chi connectivity index (χ2n) is 2.36. The van der Waals surface area contributed by atoms with Gasteiger partial charge in [-0.2, -0.15) is 0 Å². The van der Waals surface area contributed by atoms with Crippen molar-refractivity contribution in [2.75, 3.05) is 20.1 Å². The molecule has 0 radical (unpaired) electrons. The molecule has 1 fully saturated rings. The van der Waals surface area contributed by atoms with Crippen LogP contribution in [0.3, 0.4) is 0 Å². The third kappa shape index (κ3) is 13.8. The highest BCUT2D eigenvalue weighted by Crippen LogP contribution is 1.88. The quantitative estimate of drug-likeness (QED) is 0.646. The third-order valence-electron chi connectivity index (χ3n) is 1.07. The Labute approximate surface area is 89.9 Å². The molecule has 1 aliphatic heterocycles. The van der Waals surface area contributed by atoms with Crippen LogP contribution in [0.25, 0.3) is 0 Å². The normalized spacial score (nSPS) is 12.2. The summed E-state index contributed by atoms with van der Waals surface area (Å²) in [7, 11) is 1.78. The lowest BCUT2D eigenvalue weighted by molar-refractivity contribution is 0.226. The number of nitrogens with zero attached hydrogens (tertiary/aromatic N) is 1. The van der Waals surface area contributed by atoms with Crippen molar-refractivity contribution in [3.63, 3.8) is 0 Å². The van der Waals surface area contributed by atoms with Crippen molar-refractivity contribution in [2.24, 2.45) is 0 Å². The van der Waals surface area contributed by atoms with Gasteiger partial charge in [-0.05, 0) is 0 Å². The van der Waals surface area contributed by atoms with E-state index in [4.69, 9.17) is 0 Å². The number of hydrogen-bond donors (Lipinski definition) is 1. The van der Waals surface area contributed by atoms with Crippen LogP contribution in [0.2, 0.25) is 0 Å². The maximum atomic E-state index is 10.4. The van der Waals surface area contributed by atoms with E-state index < -0.39 is 0 Å². The van der Waals surface area contributed by atoms with Gasteiger partial charge < -0.3 is 10.2 Å². The molecule has 3 heteroatoms. The number of hydrogen-bond acceptors (Lipinski definition) is 1. The minimum absolute atomic E-state index is 0.0417. The molecule has 1 aliphatic rings. The molecule has 0 aromatic heterocycles. The topological polar surface area (TPSA) is 32.3 Å². The number of amides is 2.